The summed E-state index contributed by atoms with van der Waals surface area (Å²) in [6.07, 6.45) is 4.74. The number of pyridine rings is 2. The molecule has 0 saturated carbocycles. The Bertz CT molecular complexity index is 1200. The van der Waals surface area contributed by atoms with Gasteiger partial charge in [0.15, 0.2) is 17.5 Å². The molecule has 0 fully saturated rings. The highest BCUT2D eigenvalue weighted by Crippen LogP contribution is 2.28. The maximum Gasteiger partial charge on any atom is 0.404 e. The van der Waals surface area contributed by atoms with Gasteiger partial charge in [-0.3, -0.25) is 0 Å². The second-order valence-corrected chi connectivity index (χ2v) is 7.56. The Hall–Kier alpha value is -4.47. The standard InChI is InChI=1S/C22H26FN9O3/c1-4-6-17(13(3)27-22(33)34)29-20-16(23)9-14(11-24)19(30-20)28-15-10-18(32-8-7-26-31-32)21(25-12-15)35-5-2/h7-10,12-13,17,27H,4-6H2,1-3H3,(H,33,34)(H2,28,29,30)/t13-,17+/m0/s1. The van der Waals surface area contributed by atoms with Crippen molar-refractivity contribution in [3.63, 3.8) is 0 Å². The van der Waals surface area contributed by atoms with Crippen molar-refractivity contribution in [2.45, 2.75) is 45.7 Å². The second kappa shape index (κ2) is 11.6. The van der Waals surface area contributed by atoms with Crippen molar-refractivity contribution >= 4 is 23.4 Å². The SMILES string of the molecule is CCC[C@@H](Nc1nc(Nc2cnc(OCC)c(-n3ccnn3)c2)c(C#N)cc1F)[C@H](C)NC(=O)O. The van der Waals surface area contributed by atoms with Crippen molar-refractivity contribution in [3.05, 3.63) is 42.1 Å². The lowest BCUT2D eigenvalue weighted by Gasteiger charge is -2.25. The normalized spacial score (nSPS) is 12.3. The van der Waals surface area contributed by atoms with E-state index in [1.165, 1.54) is 17.1 Å². The van der Waals surface area contributed by atoms with E-state index in [9.17, 15) is 14.4 Å². The van der Waals surface area contributed by atoms with Gasteiger partial charge >= 0.3 is 6.09 Å². The van der Waals surface area contributed by atoms with Crippen LogP contribution in [0.25, 0.3) is 5.69 Å². The van der Waals surface area contributed by atoms with Gasteiger partial charge in [0.05, 0.1) is 36.4 Å². The molecule has 184 valence electrons. The molecule has 3 aromatic rings. The van der Waals surface area contributed by atoms with Crippen LogP contribution >= 0.6 is 0 Å². The van der Waals surface area contributed by atoms with Gasteiger partial charge in [-0.1, -0.05) is 18.6 Å². The second-order valence-electron chi connectivity index (χ2n) is 7.56. The number of hydrogen-bond donors (Lipinski definition) is 4. The molecule has 0 spiro atoms. The summed E-state index contributed by atoms with van der Waals surface area (Å²) in [5, 5.41) is 34.7. The van der Waals surface area contributed by atoms with Crippen molar-refractivity contribution < 1.29 is 19.0 Å². The van der Waals surface area contributed by atoms with Crippen molar-refractivity contribution in [2.24, 2.45) is 0 Å². The van der Waals surface area contributed by atoms with Crippen LogP contribution in [0.15, 0.2) is 30.7 Å². The summed E-state index contributed by atoms with van der Waals surface area (Å²) in [5.41, 5.74) is 0.935. The third-order valence-electron chi connectivity index (χ3n) is 5.02. The molecule has 0 unspecified atom stereocenters. The lowest BCUT2D eigenvalue weighted by molar-refractivity contribution is 0.189. The first-order chi connectivity index (χ1) is 16.9. The molecule has 0 saturated heterocycles. The van der Waals surface area contributed by atoms with Crippen LogP contribution in [-0.2, 0) is 0 Å². The van der Waals surface area contributed by atoms with E-state index in [4.69, 9.17) is 9.84 Å². The summed E-state index contributed by atoms with van der Waals surface area (Å²) >= 11 is 0. The first-order valence-corrected chi connectivity index (χ1v) is 11.0. The minimum absolute atomic E-state index is 0.0204. The Balaban J connectivity index is 1.94. The molecule has 35 heavy (non-hydrogen) atoms. The van der Waals surface area contributed by atoms with Gasteiger partial charge in [0.25, 0.3) is 0 Å². The molecule has 0 aliphatic rings. The third-order valence-corrected chi connectivity index (χ3v) is 5.02. The predicted molar refractivity (Wildman–Crippen MR) is 125 cm³/mol. The average Bonchev–Trinajstić information content (AvgIpc) is 3.36. The van der Waals surface area contributed by atoms with E-state index in [1.54, 1.807) is 19.2 Å². The molecule has 0 bridgehead atoms. The number of nitrogens with one attached hydrogen (secondary N) is 3. The Labute approximate surface area is 201 Å². The summed E-state index contributed by atoms with van der Waals surface area (Å²) < 4.78 is 21.8. The first-order valence-electron chi connectivity index (χ1n) is 11.0. The van der Waals surface area contributed by atoms with Gasteiger partial charge < -0.3 is 25.8 Å². The van der Waals surface area contributed by atoms with Crippen LogP contribution in [0, 0.1) is 17.1 Å². The van der Waals surface area contributed by atoms with Gasteiger partial charge in [0, 0.05) is 12.1 Å². The van der Waals surface area contributed by atoms with E-state index in [0.29, 0.717) is 30.3 Å². The van der Waals surface area contributed by atoms with Gasteiger partial charge in [-0.2, -0.15) is 5.26 Å². The number of rotatable bonds is 11. The average molecular weight is 484 g/mol. The molecule has 0 aromatic carbocycles. The van der Waals surface area contributed by atoms with Crippen LogP contribution in [-0.4, -0.2) is 54.9 Å². The molecular formula is C22H26FN9O3. The van der Waals surface area contributed by atoms with Crippen molar-refractivity contribution in [2.75, 3.05) is 17.2 Å². The Morgan fingerprint density at radius 1 is 1.34 bits per heavy atom. The first kappa shape index (κ1) is 25.2. The molecule has 4 N–H and O–H groups in total. The van der Waals surface area contributed by atoms with Crippen molar-refractivity contribution in [1.29, 1.82) is 5.26 Å². The molecule has 0 aliphatic heterocycles. The molecule has 3 aromatic heterocycles. The minimum atomic E-state index is -1.18. The maximum absolute atomic E-state index is 14.8. The zero-order valence-corrected chi connectivity index (χ0v) is 19.5. The maximum atomic E-state index is 14.8. The number of nitriles is 1. The van der Waals surface area contributed by atoms with E-state index < -0.39 is 24.0 Å². The van der Waals surface area contributed by atoms with Crippen LogP contribution in [0.5, 0.6) is 5.88 Å². The summed E-state index contributed by atoms with van der Waals surface area (Å²) in [4.78, 5) is 19.6. The quantitative estimate of drug-likeness (QED) is 0.318. The van der Waals surface area contributed by atoms with Gasteiger partial charge in [0.1, 0.15) is 11.8 Å². The number of carboxylic acid groups (broad SMARTS) is 1. The highest BCUT2D eigenvalue weighted by molar-refractivity contribution is 5.67. The Morgan fingerprint density at radius 2 is 2.14 bits per heavy atom. The monoisotopic (exact) mass is 483 g/mol. The molecule has 1 amide bonds. The van der Waals surface area contributed by atoms with Crippen LogP contribution < -0.4 is 20.7 Å². The lowest BCUT2D eigenvalue weighted by atomic mass is 10.0. The topological polar surface area (TPSA) is 163 Å². The third kappa shape index (κ3) is 6.32. The summed E-state index contributed by atoms with van der Waals surface area (Å²) in [7, 11) is 0. The molecule has 3 rings (SSSR count). The number of aromatic nitrogens is 5. The van der Waals surface area contributed by atoms with Crippen LogP contribution in [0.4, 0.5) is 26.5 Å². The predicted octanol–water partition coefficient (Wildman–Crippen LogP) is 3.45. The van der Waals surface area contributed by atoms with Crippen LogP contribution in [0.1, 0.15) is 39.2 Å². The number of hydrogen-bond acceptors (Lipinski definition) is 9. The molecule has 3 heterocycles. The fourth-order valence-corrected chi connectivity index (χ4v) is 3.39. The molecule has 0 radical (unpaired) electrons. The van der Waals surface area contributed by atoms with E-state index in [2.05, 4.69) is 36.2 Å². The lowest BCUT2D eigenvalue weighted by Crippen LogP contribution is -2.44. The number of carbonyl (C=O) groups is 1. The number of halogens is 1. The molecule has 0 aliphatic carbocycles. The highest BCUT2D eigenvalue weighted by atomic mass is 19.1. The number of nitrogens with zero attached hydrogens (tertiary/aromatic N) is 6. The summed E-state index contributed by atoms with van der Waals surface area (Å²) in [6.45, 7) is 5.83. The van der Waals surface area contributed by atoms with Gasteiger partial charge in [-0.05, 0) is 32.4 Å². The Kier molecular flexibility index (Phi) is 8.33. The van der Waals surface area contributed by atoms with Gasteiger partial charge in [-0.15, -0.1) is 5.10 Å². The Morgan fingerprint density at radius 3 is 2.77 bits per heavy atom. The minimum Gasteiger partial charge on any atom is -0.476 e. The fraction of sp³-hybridized carbons (Fsp3) is 0.364. The molecule has 12 nitrogen and oxygen atoms in total. The zero-order chi connectivity index (χ0) is 25.4. The fourth-order valence-electron chi connectivity index (χ4n) is 3.39. The summed E-state index contributed by atoms with van der Waals surface area (Å²) in [5.74, 6) is -0.412. The van der Waals surface area contributed by atoms with E-state index in [-0.39, 0.29) is 17.2 Å². The molecule has 13 heteroatoms. The number of ether oxygens (including phenoxy) is 1. The van der Waals surface area contributed by atoms with E-state index >= 15 is 0 Å². The van der Waals surface area contributed by atoms with Gasteiger partial charge in [0.2, 0.25) is 5.88 Å². The van der Waals surface area contributed by atoms with E-state index in [1.807, 2.05) is 19.9 Å². The highest BCUT2D eigenvalue weighted by Gasteiger charge is 2.22. The van der Waals surface area contributed by atoms with E-state index in [0.717, 1.165) is 12.5 Å². The number of anilines is 3. The smallest absolute Gasteiger partial charge is 0.404 e. The number of amides is 1. The molecular weight excluding hydrogens is 457 g/mol. The van der Waals surface area contributed by atoms with Crippen LogP contribution in [0.2, 0.25) is 0 Å². The largest absolute Gasteiger partial charge is 0.476 e. The van der Waals surface area contributed by atoms with Crippen molar-refractivity contribution in [1.82, 2.24) is 30.3 Å². The zero-order valence-electron chi connectivity index (χ0n) is 19.5. The van der Waals surface area contributed by atoms with Crippen LogP contribution in [0.3, 0.4) is 0 Å². The summed E-state index contributed by atoms with van der Waals surface area (Å²) in [6, 6.07) is 3.74. The van der Waals surface area contributed by atoms with Crippen molar-refractivity contribution in [3.8, 4) is 17.6 Å². The molecule has 2 atom stereocenters. The van der Waals surface area contributed by atoms with Gasteiger partial charge in [-0.25, -0.2) is 23.8 Å².